The van der Waals surface area contributed by atoms with Crippen LogP contribution < -0.4 is 4.90 Å². The quantitative estimate of drug-likeness (QED) is 0.622. The van der Waals surface area contributed by atoms with Crippen LogP contribution in [0.2, 0.25) is 0 Å². The average molecular weight is 490 g/mol. The molecule has 0 saturated carbocycles. The molecule has 0 N–H and O–H groups in total. The molecule has 1 aromatic carbocycles. The van der Waals surface area contributed by atoms with Crippen molar-refractivity contribution in [1.82, 2.24) is 19.6 Å². The maximum absolute atomic E-state index is 14.4. The minimum atomic E-state index is -1.01. The molecule has 1 aliphatic rings. The van der Waals surface area contributed by atoms with Gasteiger partial charge in [0.05, 0.1) is 5.69 Å². The predicted molar refractivity (Wildman–Crippen MR) is 132 cm³/mol. The third kappa shape index (κ3) is 6.66. The number of hydrogen-bond acceptors (Lipinski definition) is 4. The smallest absolute Gasteiger partial charge is 0.274 e. The lowest BCUT2D eigenvalue weighted by atomic mass is 10.1. The Labute approximate surface area is 206 Å². The van der Waals surface area contributed by atoms with Gasteiger partial charge in [0.25, 0.3) is 5.91 Å². The second-order valence-electron chi connectivity index (χ2n) is 9.32. The molecule has 1 aliphatic heterocycles. The minimum Gasteiger partial charge on any atom is -0.333 e. The van der Waals surface area contributed by atoms with Crippen LogP contribution in [0.4, 0.5) is 14.5 Å². The van der Waals surface area contributed by atoms with Crippen molar-refractivity contribution in [2.75, 3.05) is 31.1 Å². The molecular formula is C26H37F2N5O2. The monoisotopic (exact) mass is 489 g/mol. The van der Waals surface area contributed by atoms with Crippen LogP contribution in [-0.2, 0) is 17.9 Å². The number of carbonyl (C=O) groups is 2. The van der Waals surface area contributed by atoms with E-state index in [1.54, 1.807) is 28.8 Å². The Kier molecular flexibility index (Phi) is 9.37. The first-order chi connectivity index (χ1) is 16.7. The first-order valence-corrected chi connectivity index (χ1v) is 12.6. The van der Waals surface area contributed by atoms with Gasteiger partial charge in [0, 0.05) is 64.0 Å². The van der Waals surface area contributed by atoms with E-state index < -0.39 is 11.6 Å². The summed E-state index contributed by atoms with van der Waals surface area (Å²) in [5.74, 6) is -2.44. The molecule has 2 aromatic rings. The van der Waals surface area contributed by atoms with Gasteiger partial charge >= 0.3 is 0 Å². The average Bonchev–Trinajstić information content (AvgIpc) is 3.29. The predicted octanol–water partition coefficient (Wildman–Crippen LogP) is 4.46. The second-order valence-corrected chi connectivity index (χ2v) is 9.32. The molecular weight excluding hydrogens is 452 g/mol. The number of rotatable bonds is 5. The topological polar surface area (TPSA) is 61.7 Å². The summed E-state index contributed by atoms with van der Waals surface area (Å²) in [5, 5.41) is 4.41. The number of carbonyl (C=O) groups excluding carboxylic acids is 2. The summed E-state index contributed by atoms with van der Waals surface area (Å²) >= 11 is 0. The highest BCUT2D eigenvalue weighted by Gasteiger charge is 2.26. The Morgan fingerprint density at radius 3 is 2.37 bits per heavy atom. The number of fused-ring (bicyclic) bond motifs is 1. The van der Waals surface area contributed by atoms with Crippen LogP contribution in [0.3, 0.4) is 0 Å². The van der Waals surface area contributed by atoms with Crippen LogP contribution in [-0.4, -0.2) is 63.6 Å². The number of aryl methyl sites for hydroxylation is 1. The van der Waals surface area contributed by atoms with Gasteiger partial charge in [-0.3, -0.25) is 14.3 Å². The lowest BCUT2D eigenvalue weighted by molar-refractivity contribution is -0.118. The first kappa shape index (κ1) is 26.8. The standard InChI is InChI=1S/C26H37F2N5O2/c1-5-10-32-15-9-23(29-32)26(35)31-13-7-11-30(19(3)4)12-8-14-33(25(34)6-2)24-17-22(28)21(27)16-20(24)18-31/h9,15-17,19H,5-8,10-14,18H2,1-4H3. The second kappa shape index (κ2) is 12.2. The van der Waals surface area contributed by atoms with E-state index >= 15 is 0 Å². The van der Waals surface area contributed by atoms with E-state index in [0.29, 0.717) is 49.0 Å². The summed E-state index contributed by atoms with van der Waals surface area (Å²) in [7, 11) is 0. The Bertz CT molecular complexity index is 1020. The Hall–Kier alpha value is -2.81. The van der Waals surface area contributed by atoms with Gasteiger partial charge in [-0.2, -0.15) is 5.10 Å². The maximum Gasteiger partial charge on any atom is 0.274 e. The van der Waals surface area contributed by atoms with Crippen molar-refractivity contribution in [3.63, 3.8) is 0 Å². The molecule has 9 heteroatoms. The van der Waals surface area contributed by atoms with Gasteiger partial charge in [0.1, 0.15) is 5.69 Å². The molecule has 0 bridgehead atoms. The van der Waals surface area contributed by atoms with Crippen molar-refractivity contribution >= 4 is 17.5 Å². The fraction of sp³-hybridized carbons (Fsp3) is 0.577. The summed E-state index contributed by atoms with van der Waals surface area (Å²) in [4.78, 5) is 31.8. The third-order valence-electron chi connectivity index (χ3n) is 6.41. The Balaban J connectivity index is 2.02. The van der Waals surface area contributed by atoms with Crippen LogP contribution in [0.5, 0.6) is 0 Å². The fourth-order valence-corrected chi connectivity index (χ4v) is 4.50. The summed E-state index contributed by atoms with van der Waals surface area (Å²) < 4.78 is 30.4. The van der Waals surface area contributed by atoms with Crippen molar-refractivity contribution < 1.29 is 18.4 Å². The van der Waals surface area contributed by atoms with Crippen molar-refractivity contribution in [1.29, 1.82) is 0 Å². The van der Waals surface area contributed by atoms with Crippen LogP contribution in [0.25, 0.3) is 0 Å². The fourth-order valence-electron chi connectivity index (χ4n) is 4.50. The van der Waals surface area contributed by atoms with E-state index in [2.05, 4.69) is 23.8 Å². The summed E-state index contributed by atoms with van der Waals surface area (Å²) in [6, 6.07) is 4.19. The van der Waals surface area contributed by atoms with Crippen molar-refractivity contribution in [2.24, 2.45) is 0 Å². The number of halogens is 2. The Morgan fingerprint density at radius 1 is 1.03 bits per heavy atom. The summed E-state index contributed by atoms with van der Waals surface area (Å²) in [5.41, 5.74) is 1.05. The zero-order valence-electron chi connectivity index (χ0n) is 21.3. The van der Waals surface area contributed by atoms with E-state index in [-0.39, 0.29) is 24.8 Å². The zero-order chi connectivity index (χ0) is 25.5. The number of hydrogen-bond donors (Lipinski definition) is 0. The normalized spacial score (nSPS) is 16.1. The highest BCUT2D eigenvalue weighted by atomic mass is 19.2. The lowest BCUT2D eigenvalue weighted by Gasteiger charge is -2.32. The largest absolute Gasteiger partial charge is 0.333 e. The van der Waals surface area contributed by atoms with E-state index in [4.69, 9.17) is 0 Å². The van der Waals surface area contributed by atoms with Crippen molar-refractivity contribution in [3.8, 4) is 0 Å². The van der Waals surface area contributed by atoms with E-state index in [9.17, 15) is 18.4 Å². The zero-order valence-corrected chi connectivity index (χ0v) is 21.3. The molecule has 0 unspecified atom stereocenters. The molecule has 192 valence electrons. The van der Waals surface area contributed by atoms with Crippen molar-refractivity contribution in [3.05, 3.63) is 47.3 Å². The third-order valence-corrected chi connectivity index (χ3v) is 6.41. The van der Waals surface area contributed by atoms with E-state index in [1.807, 2.05) is 6.92 Å². The van der Waals surface area contributed by atoms with Crippen LogP contribution in [0, 0.1) is 11.6 Å². The first-order valence-electron chi connectivity index (χ1n) is 12.6. The van der Waals surface area contributed by atoms with Crippen molar-refractivity contribution in [2.45, 2.75) is 72.5 Å². The highest BCUT2D eigenvalue weighted by molar-refractivity contribution is 5.94. The SMILES string of the molecule is CCCn1ccc(C(=O)N2CCCN(C(C)C)CCCN(C(=O)CC)c3cc(F)c(F)cc3C2)n1. The molecule has 3 rings (SSSR count). The van der Waals surface area contributed by atoms with Gasteiger partial charge < -0.3 is 14.7 Å². The van der Waals surface area contributed by atoms with Crippen LogP contribution in [0.1, 0.15) is 69.4 Å². The van der Waals surface area contributed by atoms with E-state index in [0.717, 1.165) is 38.1 Å². The summed E-state index contributed by atoms with van der Waals surface area (Å²) in [6.45, 7) is 11.2. The van der Waals surface area contributed by atoms with Gasteiger partial charge in [0.15, 0.2) is 11.6 Å². The lowest BCUT2D eigenvalue weighted by Crippen LogP contribution is -2.40. The molecule has 0 atom stereocenters. The molecule has 2 amide bonds. The molecule has 7 nitrogen and oxygen atoms in total. The molecule has 0 aliphatic carbocycles. The molecule has 35 heavy (non-hydrogen) atoms. The molecule has 0 spiro atoms. The van der Waals surface area contributed by atoms with Crippen LogP contribution >= 0.6 is 0 Å². The maximum atomic E-state index is 14.4. The number of amides is 2. The van der Waals surface area contributed by atoms with E-state index in [1.165, 1.54) is 4.90 Å². The van der Waals surface area contributed by atoms with Gasteiger partial charge in [-0.1, -0.05) is 13.8 Å². The molecule has 1 aromatic heterocycles. The van der Waals surface area contributed by atoms with Gasteiger partial charge in [0.2, 0.25) is 5.91 Å². The summed E-state index contributed by atoms with van der Waals surface area (Å²) in [6.07, 6.45) is 4.35. The number of benzene rings is 1. The minimum absolute atomic E-state index is 0.0567. The number of aromatic nitrogens is 2. The van der Waals surface area contributed by atoms with Gasteiger partial charge in [-0.25, -0.2) is 8.78 Å². The Morgan fingerprint density at radius 2 is 1.71 bits per heavy atom. The van der Waals surface area contributed by atoms with Gasteiger partial charge in [-0.15, -0.1) is 0 Å². The van der Waals surface area contributed by atoms with Crippen LogP contribution in [0.15, 0.2) is 24.4 Å². The number of anilines is 1. The molecule has 0 fully saturated rings. The number of nitrogens with zero attached hydrogens (tertiary/aromatic N) is 5. The van der Waals surface area contributed by atoms with Gasteiger partial charge in [-0.05, 0) is 50.8 Å². The molecule has 0 saturated heterocycles. The molecule has 0 radical (unpaired) electrons. The molecule has 2 heterocycles. The highest BCUT2D eigenvalue weighted by Crippen LogP contribution is 2.28.